The van der Waals surface area contributed by atoms with E-state index in [0.29, 0.717) is 47.8 Å². The molecule has 0 N–H and O–H groups in total. The molecule has 160 valence electrons. The van der Waals surface area contributed by atoms with Gasteiger partial charge in [0.25, 0.3) is 0 Å². The highest BCUT2D eigenvalue weighted by Gasteiger charge is 2.38. The second-order valence-electron chi connectivity index (χ2n) is 7.70. The zero-order valence-electron chi connectivity index (χ0n) is 16.8. The number of carbonyl (C=O) groups excluding carboxylic acids is 1. The predicted octanol–water partition coefficient (Wildman–Crippen LogP) is 3.91. The van der Waals surface area contributed by atoms with Crippen LogP contribution in [-0.2, 0) is 21.2 Å². The molecular formula is C21H23BrClN3O3S. The molecule has 0 spiro atoms. The number of para-hydroxylation sites is 1. The molecule has 4 rings (SSSR count). The number of hydrogen-bond donors (Lipinski definition) is 0. The van der Waals surface area contributed by atoms with Gasteiger partial charge in [-0.05, 0) is 43.2 Å². The molecule has 0 radical (unpaired) electrons. The number of hydrogen-bond acceptors (Lipinski definition) is 4. The van der Waals surface area contributed by atoms with E-state index in [0.717, 1.165) is 11.3 Å². The lowest BCUT2D eigenvalue weighted by Crippen LogP contribution is -2.49. The maximum Gasteiger partial charge on any atom is 0.245 e. The van der Waals surface area contributed by atoms with Gasteiger partial charge in [0.05, 0.1) is 16.4 Å². The summed E-state index contributed by atoms with van der Waals surface area (Å²) in [5.74, 6) is -0.149. The number of amides is 1. The van der Waals surface area contributed by atoms with Crippen molar-refractivity contribution in [3.63, 3.8) is 0 Å². The van der Waals surface area contributed by atoms with E-state index in [1.807, 2.05) is 37.3 Å². The summed E-state index contributed by atoms with van der Waals surface area (Å²) < 4.78 is 29.4. The SMILES string of the molecule is CC(=O)N1c2c(cc(Br)cc2S(=O)(=O)N2CCN(c3ccccc3Cl)CC2)C[C@@H]1C. The average Bonchev–Trinajstić information content (AvgIpc) is 3.03. The highest BCUT2D eigenvalue weighted by molar-refractivity contribution is 9.10. The third-order valence-electron chi connectivity index (χ3n) is 5.70. The number of sulfonamides is 1. The van der Waals surface area contributed by atoms with Gasteiger partial charge in [0, 0.05) is 43.6 Å². The van der Waals surface area contributed by atoms with Gasteiger partial charge in [0.1, 0.15) is 4.90 Å². The Morgan fingerprint density at radius 2 is 1.80 bits per heavy atom. The van der Waals surface area contributed by atoms with Crippen LogP contribution in [0.25, 0.3) is 0 Å². The zero-order chi connectivity index (χ0) is 21.6. The van der Waals surface area contributed by atoms with Gasteiger partial charge in [-0.1, -0.05) is 39.7 Å². The monoisotopic (exact) mass is 511 g/mol. The molecule has 30 heavy (non-hydrogen) atoms. The fourth-order valence-corrected chi connectivity index (χ4v) is 6.95. The van der Waals surface area contributed by atoms with Gasteiger partial charge in [-0.2, -0.15) is 4.31 Å². The molecule has 2 aliphatic rings. The van der Waals surface area contributed by atoms with Crippen molar-refractivity contribution in [2.45, 2.75) is 31.2 Å². The topological polar surface area (TPSA) is 60.9 Å². The highest BCUT2D eigenvalue weighted by atomic mass is 79.9. The van der Waals surface area contributed by atoms with E-state index in [1.54, 1.807) is 11.0 Å². The Labute approximate surface area is 190 Å². The first kappa shape index (κ1) is 21.6. The fraction of sp³-hybridized carbons (Fsp3) is 0.381. The van der Waals surface area contributed by atoms with Crippen LogP contribution in [0.5, 0.6) is 0 Å². The molecule has 1 saturated heterocycles. The predicted molar refractivity (Wildman–Crippen MR) is 123 cm³/mol. The third-order valence-corrected chi connectivity index (χ3v) is 8.39. The molecule has 0 bridgehead atoms. The largest absolute Gasteiger partial charge is 0.368 e. The van der Waals surface area contributed by atoms with Gasteiger partial charge in [-0.3, -0.25) is 4.79 Å². The van der Waals surface area contributed by atoms with Crippen molar-refractivity contribution in [3.05, 3.63) is 51.5 Å². The minimum atomic E-state index is -3.77. The van der Waals surface area contributed by atoms with Gasteiger partial charge >= 0.3 is 0 Å². The Morgan fingerprint density at radius 3 is 2.43 bits per heavy atom. The van der Waals surface area contributed by atoms with Crippen LogP contribution in [0.3, 0.4) is 0 Å². The molecule has 1 atom stereocenters. The second-order valence-corrected chi connectivity index (χ2v) is 10.9. The van der Waals surface area contributed by atoms with E-state index in [9.17, 15) is 13.2 Å². The molecule has 0 aromatic heterocycles. The van der Waals surface area contributed by atoms with Crippen LogP contribution in [0, 0.1) is 0 Å². The van der Waals surface area contributed by atoms with Crippen LogP contribution in [0.15, 0.2) is 45.8 Å². The molecule has 2 aromatic carbocycles. The maximum absolute atomic E-state index is 13.6. The summed E-state index contributed by atoms with van der Waals surface area (Å²) in [5.41, 5.74) is 2.31. The smallest absolute Gasteiger partial charge is 0.245 e. The first-order valence-electron chi connectivity index (χ1n) is 9.82. The number of rotatable bonds is 3. The molecule has 6 nitrogen and oxygen atoms in total. The number of anilines is 2. The number of nitrogens with zero attached hydrogens (tertiary/aromatic N) is 3. The van der Waals surface area contributed by atoms with Crippen LogP contribution in [-0.4, -0.2) is 50.9 Å². The standard InChI is InChI=1S/C21H23BrClN3O3S/c1-14-11-16-12-17(22)13-20(21(16)26(14)15(2)27)30(28,29)25-9-7-24(8-10-25)19-6-4-3-5-18(19)23/h3-6,12-14H,7-11H2,1-2H3/t14-/m0/s1. The molecule has 2 aliphatic heterocycles. The van der Waals surface area contributed by atoms with E-state index >= 15 is 0 Å². The van der Waals surface area contributed by atoms with E-state index in [1.165, 1.54) is 11.2 Å². The van der Waals surface area contributed by atoms with Crippen molar-refractivity contribution in [1.82, 2.24) is 4.31 Å². The molecule has 1 amide bonds. The molecule has 2 aromatic rings. The van der Waals surface area contributed by atoms with Gasteiger partial charge in [-0.15, -0.1) is 0 Å². The summed E-state index contributed by atoms with van der Waals surface area (Å²) in [6.45, 7) is 5.22. The normalized spacial score (nSPS) is 19.8. The van der Waals surface area contributed by atoms with Crippen molar-refractivity contribution in [3.8, 4) is 0 Å². The number of carbonyl (C=O) groups is 1. The minimum Gasteiger partial charge on any atom is -0.368 e. The van der Waals surface area contributed by atoms with Gasteiger partial charge in [-0.25, -0.2) is 8.42 Å². The van der Waals surface area contributed by atoms with Crippen LogP contribution >= 0.6 is 27.5 Å². The molecule has 0 unspecified atom stereocenters. The second kappa shape index (κ2) is 8.15. The quantitative estimate of drug-likeness (QED) is 0.626. The number of halogens is 2. The minimum absolute atomic E-state index is 0.0715. The van der Waals surface area contributed by atoms with Crippen molar-refractivity contribution < 1.29 is 13.2 Å². The number of benzene rings is 2. The molecule has 0 saturated carbocycles. The van der Waals surface area contributed by atoms with Crippen LogP contribution in [0.4, 0.5) is 11.4 Å². The van der Waals surface area contributed by atoms with Gasteiger partial charge < -0.3 is 9.80 Å². The first-order chi connectivity index (χ1) is 14.2. The number of piperazine rings is 1. The van der Waals surface area contributed by atoms with Crippen molar-refractivity contribution in [2.75, 3.05) is 36.0 Å². The Morgan fingerprint density at radius 1 is 1.13 bits per heavy atom. The summed E-state index contributed by atoms with van der Waals surface area (Å²) in [4.78, 5) is 16.2. The first-order valence-corrected chi connectivity index (χ1v) is 12.4. The van der Waals surface area contributed by atoms with Crippen molar-refractivity contribution in [1.29, 1.82) is 0 Å². The zero-order valence-corrected chi connectivity index (χ0v) is 20.0. The third kappa shape index (κ3) is 3.75. The molecule has 0 aliphatic carbocycles. The average molecular weight is 513 g/mol. The summed E-state index contributed by atoms with van der Waals surface area (Å²) in [6, 6.07) is 11.0. The van der Waals surface area contributed by atoms with E-state index in [2.05, 4.69) is 20.8 Å². The van der Waals surface area contributed by atoms with Crippen LogP contribution in [0.1, 0.15) is 19.4 Å². The van der Waals surface area contributed by atoms with Gasteiger partial charge in [0.2, 0.25) is 15.9 Å². The van der Waals surface area contributed by atoms with Crippen LogP contribution < -0.4 is 9.80 Å². The van der Waals surface area contributed by atoms with Crippen LogP contribution in [0.2, 0.25) is 5.02 Å². The lowest BCUT2D eigenvalue weighted by atomic mass is 10.1. The summed E-state index contributed by atoms with van der Waals surface area (Å²) in [7, 11) is -3.77. The lowest BCUT2D eigenvalue weighted by molar-refractivity contribution is -0.116. The van der Waals surface area contributed by atoms with E-state index < -0.39 is 10.0 Å². The summed E-state index contributed by atoms with van der Waals surface area (Å²) >= 11 is 9.75. The molecule has 9 heteroatoms. The maximum atomic E-state index is 13.6. The fourth-order valence-electron chi connectivity index (χ4n) is 4.37. The Bertz CT molecular complexity index is 1100. The Kier molecular flexibility index (Phi) is 5.87. The Hall–Kier alpha value is -1.61. The molecule has 1 fully saturated rings. The van der Waals surface area contributed by atoms with Crippen molar-refractivity contribution in [2.24, 2.45) is 0 Å². The van der Waals surface area contributed by atoms with E-state index in [-0.39, 0.29) is 16.8 Å². The van der Waals surface area contributed by atoms with Crippen molar-refractivity contribution >= 4 is 54.8 Å². The Balaban J connectivity index is 1.65. The highest BCUT2D eigenvalue weighted by Crippen LogP contribution is 2.41. The summed E-state index contributed by atoms with van der Waals surface area (Å²) in [5, 5.41) is 0.657. The molecule has 2 heterocycles. The van der Waals surface area contributed by atoms with E-state index in [4.69, 9.17) is 11.6 Å². The summed E-state index contributed by atoms with van der Waals surface area (Å²) in [6.07, 6.45) is 0.636. The van der Waals surface area contributed by atoms with Gasteiger partial charge in [0.15, 0.2) is 0 Å². The lowest BCUT2D eigenvalue weighted by Gasteiger charge is -2.36. The molecular weight excluding hydrogens is 490 g/mol. The number of fused-ring (bicyclic) bond motifs is 1.